The Morgan fingerprint density at radius 3 is 2.65 bits per heavy atom. The average molecular weight is 350 g/mol. The summed E-state index contributed by atoms with van der Waals surface area (Å²) in [5.74, 6) is 0.580. The maximum Gasteiger partial charge on any atom is 0.434 e. The monoisotopic (exact) mass is 350 g/mol. The summed E-state index contributed by atoms with van der Waals surface area (Å²) >= 11 is 0.991. The van der Waals surface area contributed by atoms with Gasteiger partial charge in [0.2, 0.25) is 0 Å². The minimum atomic E-state index is -4.39. The molecule has 1 aromatic rings. The lowest BCUT2D eigenvalue weighted by Gasteiger charge is -2.17. The van der Waals surface area contributed by atoms with Gasteiger partial charge in [-0.15, -0.1) is 11.3 Å². The van der Waals surface area contributed by atoms with Crippen LogP contribution in [0.15, 0.2) is 10.4 Å². The maximum atomic E-state index is 12.5. The number of nitrogens with one attached hydrogen (secondary N) is 2. The Morgan fingerprint density at radius 1 is 1.35 bits per heavy atom. The van der Waals surface area contributed by atoms with Crippen LogP contribution in [0.3, 0.4) is 0 Å². The van der Waals surface area contributed by atoms with Crippen LogP contribution >= 0.6 is 11.3 Å². The Kier molecular flexibility index (Phi) is 8.36. The lowest BCUT2D eigenvalue weighted by atomic mass is 10.1. The Bertz CT molecular complexity index is 485. The predicted molar refractivity (Wildman–Crippen MR) is 88.7 cm³/mol. The molecule has 0 aliphatic carbocycles. The van der Waals surface area contributed by atoms with Crippen LogP contribution in [-0.4, -0.2) is 24.0 Å². The van der Waals surface area contributed by atoms with Crippen LogP contribution in [0.5, 0.6) is 0 Å². The summed E-state index contributed by atoms with van der Waals surface area (Å²) in [6.45, 7) is 4.48. The van der Waals surface area contributed by atoms with E-state index in [4.69, 9.17) is 0 Å². The summed E-state index contributed by atoms with van der Waals surface area (Å²) in [5, 5.41) is 7.66. The molecule has 0 saturated carbocycles. The zero-order valence-electron chi connectivity index (χ0n) is 13.8. The highest BCUT2D eigenvalue weighted by atomic mass is 32.1. The van der Waals surface area contributed by atoms with Crippen molar-refractivity contribution in [2.75, 3.05) is 7.05 Å². The molecule has 4 nitrogen and oxygen atoms in total. The van der Waals surface area contributed by atoms with Gasteiger partial charge in [-0.05, 0) is 13.3 Å². The maximum absolute atomic E-state index is 12.5. The summed E-state index contributed by atoms with van der Waals surface area (Å²) in [6, 6.07) is 0.264. The van der Waals surface area contributed by atoms with E-state index in [1.165, 1.54) is 19.3 Å². The topological polar surface area (TPSA) is 49.3 Å². The zero-order valence-corrected chi connectivity index (χ0v) is 14.7. The summed E-state index contributed by atoms with van der Waals surface area (Å²) in [5.41, 5.74) is -0.841. The molecule has 0 aliphatic heterocycles. The van der Waals surface area contributed by atoms with Gasteiger partial charge >= 0.3 is 6.18 Å². The Labute approximate surface area is 139 Å². The van der Waals surface area contributed by atoms with Crippen molar-refractivity contribution in [1.29, 1.82) is 0 Å². The molecule has 0 amide bonds. The standard InChI is InChI=1S/C15H25F3N4S/c1-4-5-6-7-8-11(2)21-14(19-3)20-9-13-22-12(10-23-13)15(16,17)18/h10-11H,4-9H2,1-3H3,(H2,19,20,21). The largest absolute Gasteiger partial charge is 0.434 e. The lowest BCUT2D eigenvalue weighted by Crippen LogP contribution is -2.41. The van der Waals surface area contributed by atoms with E-state index in [1.807, 2.05) is 0 Å². The molecule has 0 aliphatic rings. The number of aromatic nitrogens is 1. The van der Waals surface area contributed by atoms with Crippen LogP contribution in [0.2, 0.25) is 0 Å². The van der Waals surface area contributed by atoms with Gasteiger partial charge in [0.1, 0.15) is 5.01 Å². The summed E-state index contributed by atoms with van der Waals surface area (Å²) < 4.78 is 37.5. The van der Waals surface area contributed by atoms with Gasteiger partial charge in [0.25, 0.3) is 0 Å². The van der Waals surface area contributed by atoms with Crippen LogP contribution in [0.1, 0.15) is 56.7 Å². The highest BCUT2D eigenvalue weighted by molar-refractivity contribution is 7.09. The zero-order chi connectivity index (χ0) is 17.3. The van der Waals surface area contributed by atoms with Crippen molar-refractivity contribution in [2.24, 2.45) is 4.99 Å². The smallest absolute Gasteiger partial charge is 0.354 e. The Balaban J connectivity index is 2.38. The first kappa shape index (κ1) is 19.7. The quantitative estimate of drug-likeness (QED) is 0.420. The molecule has 1 heterocycles. The molecule has 0 bridgehead atoms. The molecule has 1 unspecified atom stereocenters. The number of thiazole rings is 1. The summed E-state index contributed by atoms with van der Waals surface area (Å²) in [6.07, 6.45) is 1.47. The van der Waals surface area contributed by atoms with E-state index >= 15 is 0 Å². The number of hydrogen-bond acceptors (Lipinski definition) is 3. The summed E-state index contributed by atoms with van der Waals surface area (Å²) in [4.78, 5) is 7.68. The van der Waals surface area contributed by atoms with Gasteiger partial charge in [-0.1, -0.05) is 32.6 Å². The van der Waals surface area contributed by atoms with E-state index in [-0.39, 0.29) is 12.6 Å². The molecule has 0 saturated heterocycles. The molecule has 2 N–H and O–H groups in total. The van der Waals surface area contributed by atoms with E-state index in [9.17, 15) is 13.2 Å². The molecule has 132 valence electrons. The SMILES string of the molecule is CCCCCCC(C)NC(=NC)NCc1nc(C(F)(F)F)cs1. The van der Waals surface area contributed by atoms with Crippen molar-refractivity contribution in [3.05, 3.63) is 16.1 Å². The van der Waals surface area contributed by atoms with Gasteiger partial charge in [0.15, 0.2) is 11.7 Å². The second-order valence-electron chi connectivity index (χ2n) is 5.44. The molecule has 1 rings (SSSR count). The van der Waals surface area contributed by atoms with E-state index in [0.29, 0.717) is 11.0 Å². The molecule has 8 heteroatoms. The number of hydrogen-bond donors (Lipinski definition) is 2. The first-order valence-electron chi connectivity index (χ1n) is 7.85. The van der Waals surface area contributed by atoms with Gasteiger partial charge in [0, 0.05) is 18.5 Å². The van der Waals surface area contributed by atoms with Crippen molar-refractivity contribution < 1.29 is 13.2 Å². The molecule has 0 fully saturated rings. The first-order valence-corrected chi connectivity index (χ1v) is 8.73. The third-order valence-corrected chi connectivity index (χ3v) is 4.20. The number of alkyl halides is 3. The second-order valence-corrected chi connectivity index (χ2v) is 6.39. The van der Waals surface area contributed by atoms with Gasteiger partial charge < -0.3 is 10.6 Å². The van der Waals surface area contributed by atoms with Crippen LogP contribution in [0.25, 0.3) is 0 Å². The fourth-order valence-electron chi connectivity index (χ4n) is 2.06. The van der Waals surface area contributed by atoms with E-state index in [2.05, 4.69) is 34.5 Å². The molecular formula is C15H25F3N4S. The minimum Gasteiger partial charge on any atom is -0.354 e. The highest BCUT2D eigenvalue weighted by Gasteiger charge is 2.33. The second kappa shape index (κ2) is 9.75. The Morgan fingerprint density at radius 2 is 2.09 bits per heavy atom. The molecule has 1 aromatic heterocycles. The predicted octanol–water partition coefficient (Wildman–Crippen LogP) is 4.19. The van der Waals surface area contributed by atoms with Crippen molar-refractivity contribution in [2.45, 2.75) is 64.7 Å². The number of rotatable bonds is 8. The lowest BCUT2D eigenvalue weighted by molar-refractivity contribution is -0.140. The van der Waals surface area contributed by atoms with E-state index in [1.54, 1.807) is 7.05 Å². The molecule has 1 atom stereocenters. The molecular weight excluding hydrogens is 325 g/mol. The van der Waals surface area contributed by atoms with Crippen LogP contribution in [-0.2, 0) is 12.7 Å². The van der Waals surface area contributed by atoms with Crippen molar-refractivity contribution in [3.63, 3.8) is 0 Å². The number of halogens is 3. The van der Waals surface area contributed by atoms with Crippen molar-refractivity contribution in [3.8, 4) is 0 Å². The number of aliphatic imine (C=N–C) groups is 1. The molecule has 0 spiro atoms. The van der Waals surface area contributed by atoms with E-state index < -0.39 is 11.9 Å². The van der Waals surface area contributed by atoms with Gasteiger partial charge in [-0.3, -0.25) is 4.99 Å². The third kappa shape index (κ3) is 7.67. The van der Waals surface area contributed by atoms with Gasteiger partial charge in [-0.25, -0.2) is 4.98 Å². The minimum absolute atomic E-state index is 0.225. The fraction of sp³-hybridized carbons (Fsp3) is 0.733. The van der Waals surface area contributed by atoms with Crippen LogP contribution < -0.4 is 10.6 Å². The molecule has 23 heavy (non-hydrogen) atoms. The fourth-order valence-corrected chi connectivity index (χ4v) is 2.80. The highest BCUT2D eigenvalue weighted by Crippen LogP contribution is 2.29. The van der Waals surface area contributed by atoms with Crippen LogP contribution in [0, 0.1) is 0 Å². The Hall–Kier alpha value is -1.31. The number of unbranched alkanes of at least 4 members (excludes halogenated alkanes) is 3. The normalized spacial score (nSPS) is 13.9. The molecule has 0 radical (unpaired) electrons. The summed E-state index contributed by atoms with van der Waals surface area (Å²) in [7, 11) is 1.64. The van der Waals surface area contributed by atoms with Gasteiger partial charge in [-0.2, -0.15) is 13.2 Å². The first-order chi connectivity index (χ1) is 10.9. The van der Waals surface area contributed by atoms with Crippen molar-refractivity contribution >= 4 is 17.3 Å². The van der Waals surface area contributed by atoms with Gasteiger partial charge in [0.05, 0.1) is 6.54 Å². The van der Waals surface area contributed by atoms with Crippen LogP contribution in [0.4, 0.5) is 13.2 Å². The van der Waals surface area contributed by atoms with E-state index in [0.717, 1.165) is 29.6 Å². The third-order valence-electron chi connectivity index (χ3n) is 3.35. The van der Waals surface area contributed by atoms with Crippen molar-refractivity contribution in [1.82, 2.24) is 15.6 Å². The number of guanidine groups is 1. The molecule has 0 aromatic carbocycles. The average Bonchev–Trinajstić information content (AvgIpc) is 2.97. The number of nitrogens with zero attached hydrogens (tertiary/aromatic N) is 2.